The molecule has 1 aliphatic heterocycles. The summed E-state index contributed by atoms with van der Waals surface area (Å²) in [7, 11) is 0. The van der Waals surface area contributed by atoms with Crippen LogP contribution in [0.2, 0.25) is 5.02 Å². The Balaban J connectivity index is 1.85. The van der Waals surface area contributed by atoms with E-state index in [1.165, 1.54) is 0 Å². The van der Waals surface area contributed by atoms with Gasteiger partial charge in [0.2, 0.25) is 0 Å². The van der Waals surface area contributed by atoms with Crippen LogP contribution in [0.3, 0.4) is 0 Å². The van der Waals surface area contributed by atoms with Gasteiger partial charge in [-0.3, -0.25) is 4.79 Å². The number of carbonyl (C=O) groups excluding carboxylic acids is 1. The summed E-state index contributed by atoms with van der Waals surface area (Å²) in [6.07, 6.45) is 2.47. The standard InChI is InChI=1S/C17H22ClNO3/c1-11-9-12(18)5-6-13(11)17(21)19-7-8-22-10-15(19)14-3-2-4-16(14)20/h5-6,9,14-16,20H,2-4,7-8,10H2,1H3/t14-,15-,16+/m1/s1. The molecule has 3 atom stereocenters. The van der Waals surface area contributed by atoms with Crippen LogP contribution in [0.5, 0.6) is 0 Å². The molecular formula is C17H22ClNO3. The third-order valence-electron chi connectivity index (χ3n) is 4.87. The van der Waals surface area contributed by atoms with Crippen molar-refractivity contribution < 1.29 is 14.6 Å². The topological polar surface area (TPSA) is 49.8 Å². The number of hydrogen-bond donors (Lipinski definition) is 1. The Bertz CT molecular complexity index is 563. The van der Waals surface area contributed by atoms with Crippen LogP contribution in [0, 0.1) is 12.8 Å². The number of aliphatic hydroxyl groups excluding tert-OH is 1. The summed E-state index contributed by atoms with van der Waals surface area (Å²) in [5.41, 5.74) is 1.57. The second-order valence-electron chi connectivity index (χ2n) is 6.26. The Hall–Kier alpha value is -1.10. The van der Waals surface area contributed by atoms with Crippen LogP contribution < -0.4 is 0 Å². The zero-order valence-corrected chi connectivity index (χ0v) is 13.6. The fraction of sp³-hybridized carbons (Fsp3) is 0.588. The molecule has 2 aliphatic rings. The van der Waals surface area contributed by atoms with Crippen molar-refractivity contribution >= 4 is 17.5 Å². The van der Waals surface area contributed by atoms with Crippen LogP contribution in [0.4, 0.5) is 0 Å². The van der Waals surface area contributed by atoms with E-state index in [-0.39, 0.29) is 24.0 Å². The van der Waals surface area contributed by atoms with Gasteiger partial charge in [0.1, 0.15) is 0 Å². The van der Waals surface area contributed by atoms with E-state index in [0.29, 0.717) is 30.3 Å². The largest absolute Gasteiger partial charge is 0.393 e. The Morgan fingerprint density at radius 1 is 1.41 bits per heavy atom. The molecule has 1 amide bonds. The van der Waals surface area contributed by atoms with E-state index in [2.05, 4.69) is 0 Å². The van der Waals surface area contributed by atoms with Gasteiger partial charge in [0.05, 0.1) is 25.4 Å². The maximum atomic E-state index is 13.0. The third kappa shape index (κ3) is 3.00. The number of benzene rings is 1. The van der Waals surface area contributed by atoms with Crippen molar-refractivity contribution in [2.24, 2.45) is 5.92 Å². The van der Waals surface area contributed by atoms with E-state index in [9.17, 15) is 9.90 Å². The van der Waals surface area contributed by atoms with Gasteiger partial charge in [0.15, 0.2) is 0 Å². The molecule has 120 valence electrons. The van der Waals surface area contributed by atoms with Crippen LogP contribution in [-0.2, 0) is 4.74 Å². The second kappa shape index (κ2) is 6.57. The van der Waals surface area contributed by atoms with E-state index >= 15 is 0 Å². The van der Waals surface area contributed by atoms with E-state index in [4.69, 9.17) is 16.3 Å². The predicted molar refractivity (Wildman–Crippen MR) is 85.2 cm³/mol. The van der Waals surface area contributed by atoms with Crippen molar-refractivity contribution in [2.45, 2.75) is 38.3 Å². The molecule has 0 unspecified atom stereocenters. The minimum Gasteiger partial charge on any atom is -0.393 e. The molecule has 0 spiro atoms. The highest BCUT2D eigenvalue weighted by atomic mass is 35.5. The molecule has 0 aromatic heterocycles. The van der Waals surface area contributed by atoms with E-state index in [0.717, 1.165) is 24.8 Å². The zero-order valence-electron chi connectivity index (χ0n) is 12.8. The van der Waals surface area contributed by atoms with Gasteiger partial charge in [0, 0.05) is 23.0 Å². The minimum atomic E-state index is -0.326. The van der Waals surface area contributed by atoms with Gasteiger partial charge in [-0.05, 0) is 43.5 Å². The van der Waals surface area contributed by atoms with Crippen molar-refractivity contribution in [2.75, 3.05) is 19.8 Å². The fourth-order valence-corrected chi connectivity index (χ4v) is 3.90. The highest BCUT2D eigenvalue weighted by Gasteiger charge is 2.39. The van der Waals surface area contributed by atoms with Gasteiger partial charge in [0.25, 0.3) is 5.91 Å². The molecule has 1 saturated carbocycles. The number of carbonyl (C=O) groups is 1. The minimum absolute atomic E-state index is 0.0153. The molecule has 0 radical (unpaired) electrons. The number of amides is 1. The molecule has 22 heavy (non-hydrogen) atoms. The molecule has 1 aromatic carbocycles. The lowest BCUT2D eigenvalue weighted by Crippen LogP contribution is -2.53. The quantitative estimate of drug-likeness (QED) is 0.910. The summed E-state index contributed by atoms with van der Waals surface area (Å²) in [6, 6.07) is 5.32. The highest BCUT2D eigenvalue weighted by molar-refractivity contribution is 6.30. The van der Waals surface area contributed by atoms with Crippen LogP contribution >= 0.6 is 11.6 Å². The summed E-state index contributed by atoms with van der Waals surface area (Å²) in [5.74, 6) is 0.137. The molecule has 1 aliphatic carbocycles. The van der Waals surface area contributed by atoms with E-state index in [1.807, 2.05) is 17.9 Å². The summed E-state index contributed by atoms with van der Waals surface area (Å²) >= 11 is 5.98. The molecule has 5 heteroatoms. The lowest BCUT2D eigenvalue weighted by atomic mass is 9.93. The van der Waals surface area contributed by atoms with Crippen LogP contribution in [0.1, 0.15) is 35.2 Å². The Morgan fingerprint density at radius 2 is 2.23 bits per heavy atom. The summed E-state index contributed by atoms with van der Waals surface area (Å²) in [6.45, 7) is 3.55. The summed E-state index contributed by atoms with van der Waals surface area (Å²) < 4.78 is 5.58. The average Bonchev–Trinajstić information content (AvgIpc) is 2.93. The van der Waals surface area contributed by atoms with Crippen molar-refractivity contribution in [3.05, 3.63) is 34.3 Å². The van der Waals surface area contributed by atoms with Gasteiger partial charge in [-0.1, -0.05) is 18.0 Å². The first-order valence-electron chi connectivity index (χ1n) is 7.91. The Labute approximate surface area is 136 Å². The van der Waals surface area contributed by atoms with Gasteiger partial charge < -0.3 is 14.7 Å². The number of aryl methyl sites for hydroxylation is 1. The van der Waals surface area contributed by atoms with Crippen molar-refractivity contribution in [1.29, 1.82) is 0 Å². The SMILES string of the molecule is Cc1cc(Cl)ccc1C(=O)N1CCOC[C@@H]1[C@H]1CCC[C@@H]1O. The maximum absolute atomic E-state index is 13.0. The molecule has 1 heterocycles. The first-order chi connectivity index (χ1) is 10.6. The number of morpholine rings is 1. The van der Waals surface area contributed by atoms with Crippen molar-refractivity contribution in [3.8, 4) is 0 Å². The van der Waals surface area contributed by atoms with Crippen LogP contribution in [0.15, 0.2) is 18.2 Å². The number of aliphatic hydroxyl groups is 1. The molecule has 1 N–H and O–H groups in total. The van der Waals surface area contributed by atoms with Gasteiger partial charge in [-0.2, -0.15) is 0 Å². The van der Waals surface area contributed by atoms with Gasteiger partial charge >= 0.3 is 0 Å². The first-order valence-corrected chi connectivity index (χ1v) is 8.28. The normalized spacial score (nSPS) is 28.9. The highest BCUT2D eigenvalue weighted by Crippen LogP contribution is 2.33. The number of hydrogen-bond acceptors (Lipinski definition) is 3. The van der Waals surface area contributed by atoms with E-state index in [1.54, 1.807) is 12.1 Å². The molecule has 3 rings (SSSR count). The summed E-state index contributed by atoms with van der Waals surface area (Å²) in [4.78, 5) is 14.8. The summed E-state index contributed by atoms with van der Waals surface area (Å²) in [5, 5.41) is 10.8. The van der Waals surface area contributed by atoms with Crippen LogP contribution in [-0.4, -0.2) is 47.8 Å². The molecule has 4 nitrogen and oxygen atoms in total. The maximum Gasteiger partial charge on any atom is 0.254 e. The Kier molecular flexibility index (Phi) is 4.71. The molecule has 2 fully saturated rings. The molecular weight excluding hydrogens is 302 g/mol. The van der Waals surface area contributed by atoms with Crippen molar-refractivity contribution in [1.82, 2.24) is 4.90 Å². The van der Waals surface area contributed by atoms with Crippen LogP contribution in [0.25, 0.3) is 0 Å². The second-order valence-corrected chi connectivity index (χ2v) is 6.70. The number of rotatable bonds is 2. The first kappa shape index (κ1) is 15.8. The molecule has 0 bridgehead atoms. The van der Waals surface area contributed by atoms with Gasteiger partial charge in [-0.15, -0.1) is 0 Å². The average molecular weight is 324 g/mol. The lowest BCUT2D eigenvalue weighted by molar-refractivity contribution is -0.0383. The van der Waals surface area contributed by atoms with E-state index < -0.39 is 0 Å². The third-order valence-corrected chi connectivity index (χ3v) is 5.11. The van der Waals surface area contributed by atoms with Crippen molar-refractivity contribution in [3.63, 3.8) is 0 Å². The number of ether oxygens (including phenoxy) is 1. The Morgan fingerprint density at radius 3 is 2.91 bits per heavy atom. The molecule has 1 aromatic rings. The zero-order chi connectivity index (χ0) is 15.7. The predicted octanol–water partition coefficient (Wildman–Crippen LogP) is 2.65. The smallest absolute Gasteiger partial charge is 0.254 e. The number of nitrogens with zero attached hydrogens (tertiary/aromatic N) is 1. The number of halogens is 1. The monoisotopic (exact) mass is 323 g/mol. The fourth-order valence-electron chi connectivity index (χ4n) is 3.67. The lowest BCUT2D eigenvalue weighted by Gasteiger charge is -2.40. The molecule has 1 saturated heterocycles. The van der Waals surface area contributed by atoms with Gasteiger partial charge in [-0.25, -0.2) is 0 Å².